The van der Waals surface area contributed by atoms with Crippen LogP contribution >= 0.6 is 0 Å². The quantitative estimate of drug-likeness (QED) is 0.553. The number of hydrogen-bond donors (Lipinski definition) is 2. The Hall–Kier alpha value is -1.18. The number of amides is 2. The van der Waals surface area contributed by atoms with Crippen molar-refractivity contribution in [3.63, 3.8) is 0 Å². The Labute approximate surface area is 114 Å². The van der Waals surface area contributed by atoms with Gasteiger partial charge in [0.1, 0.15) is 0 Å². The minimum atomic E-state index is -0.566. The fourth-order valence-electron chi connectivity index (χ4n) is 1.71. The molecule has 0 aliphatic carbocycles. The molecule has 0 atom stereocenters. The molecule has 0 bridgehead atoms. The van der Waals surface area contributed by atoms with E-state index in [4.69, 9.17) is 4.74 Å². The summed E-state index contributed by atoms with van der Waals surface area (Å²) >= 11 is 0. The maximum Gasteiger partial charge on any atom is 0.309 e. The molecule has 1 fully saturated rings. The smallest absolute Gasteiger partial charge is 0.309 e. The first-order valence-corrected chi connectivity index (χ1v) is 6.60. The number of morpholine rings is 1. The average Bonchev–Trinajstić information content (AvgIpc) is 2.39. The normalized spacial score (nSPS) is 16.4. The van der Waals surface area contributed by atoms with E-state index in [1.165, 1.54) is 0 Å². The number of ether oxygens (including phenoxy) is 1. The van der Waals surface area contributed by atoms with Gasteiger partial charge in [-0.15, -0.1) is 0 Å². The Balaban J connectivity index is 2.07. The van der Waals surface area contributed by atoms with Crippen LogP contribution in [0.1, 0.15) is 0 Å². The van der Waals surface area contributed by atoms with Gasteiger partial charge >= 0.3 is 11.8 Å². The lowest BCUT2D eigenvalue weighted by molar-refractivity contribution is -0.139. The van der Waals surface area contributed by atoms with E-state index in [2.05, 4.69) is 15.5 Å². The van der Waals surface area contributed by atoms with Gasteiger partial charge in [-0.05, 0) is 14.1 Å². The summed E-state index contributed by atoms with van der Waals surface area (Å²) < 4.78 is 5.23. The van der Waals surface area contributed by atoms with Gasteiger partial charge < -0.3 is 20.3 Å². The minimum Gasteiger partial charge on any atom is -0.379 e. The molecule has 1 saturated heterocycles. The van der Waals surface area contributed by atoms with E-state index in [1.54, 1.807) is 0 Å². The van der Waals surface area contributed by atoms with Crippen molar-refractivity contribution in [2.24, 2.45) is 0 Å². The third-order valence-corrected chi connectivity index (χ3v) is 2.87. The summed E-state index contributed by atoms with van der Waals surface area (Å²) in [7, 11) is 3.82. The lowest BCUT2D eigenvalue weighted by Crippen LogP contribution is -2.45. The fourth-order valence-corrected chi connectivity index (χ4v) is 1.71. The monoisotopic (exact) mass is 272 g/mol. The van der Waals surface area contributed by atoms with Crippen molar-refractivity contribution in [2.45, 2.75) is 0 Å². The van der Waals surface area contributed by atoms with Gasteiger partial charge in [0.15, 0.2) is 0 Å². The molecule has 110 valence electrons. The highest BCUT2D eigenvalue weighted by molar-refractivity contribution is 6.35. The predicted molar refractivity (Wildman–Crippen MR) is 71.8 cm³/mol. The van der Waals surface area contributed by atoms with E-state index >= 15 is 0 Å². The van der Waals surface area contributed by atoms with Crippen LogP contribution in [0.3, 0.4) is 0 Å². The largest absolute Gasteiger partial charge is 0.379 e. The Morgan fingerprint density at radius 1 is 1.11 bits per heavy atom. The van der Waals surface area contributed by atoms with E-state index < -0.39 is 11.8 Å². The first-order chi connectivity index (χ1) is 9.09. The van der Waals surface area contributed by atoms with Gasteiger partial charge in [0, 0.05) is 39.3 Å². The van der Waals surface area contributed by atoms with E-state index in [0.717, 1.165) is 32.8 Å². The summed E-state index contributed by atoms with van der Waals surface area (Å²) in [5.41, 5.74) is 0. The third kappa shape index (κ3) is 7.09. The van der Waals surface area contributed by atoms with E-state index in [9.17, 15) is 9.59 Å². The van der Waals surface area contributed by atoms with Crippen LogP contribution in [0.15, 0.2) is 0 Å². The predicted octanol–water partition coefficient (Wildman–Crippen LogP) is -1.89. The molecule has 7 heteroatoms. The molecule has 0 aromatic rings. The molecule has 0 spiro atoms. The number of hydrogen-bond acceptors (Lipinski definition) is 5. The molecule has 0 radical (unpaired) electrons. The molecule has 2 N–H and O–H groups in total. The van der Waals surface area contributed by atoms with Crippen molar-refractivity contribution in [1.29, 1.82) is 0 Å². The molecule has 7 nitrogen and oxygen atoms in total. The fraction of sp³-hybridized carbons (Fsp3) is 0.833. The summed E-state index contributed by atoms with van der Waals surface area (Å²) in [6.45, 7) is 5.66. The molecular weight excluding hydrogens is 248 g/mol. The van der Waals surface area contributed by atoms with Gasteiger partial charge in [0.2, 0.25) is 0 Å². The topological polar surface area (TPSA) is 73.9 Å². The molecule has 0 unspecified atom stereocenters. The summed E-state index contributed by atoms with van der Waals surface area (Å²) in [6.07, 6.45) is 0. The van der Waals surface area contributed by atoms with Gasteiger partial charge in [0.25, 0.3) is 0 Å². The van der Waals surface area contributed by atoms with Crippen molar-refractivity contribution >= 4 is 11.8 Å². The van der Waals surface area contributed by atoms with Crippen LogP contribution in [0.4, 0.5) is 0 Å². The number of nitrogens with one attached hydrogen (secondary N) is 2. The van der Waals surface area contributed by atoms with Crippen LogP contribution in [0.2, 0.25) is 0 Å². The molecule has 1 aliphatic rings. The maximum atomic E-state index is 11.5. The average molecular weight is 272 g/mol. The summed E-state index contributed by atoms with van der Waals surface area (Å²) in [4.78, 5) is 27.1. The Morgan fingerprint density at radius 3 is 2.26 bits per heavy atom. The van der Waals surface area contributed by atoms with E-state index in [-0.39, 0.29) is 0 Å². The van der Waals surface area contributed by atoms with Crippen LogP contribution < -0.4 is 10.6 Å². The van der Waals surface area contributed by atoms with Gasteiger partial charge in [-0.3, -0.25) is 14.5 Å². The number of carbonyl (C=O) groups is 2. The highest BCUT2D eigenvalue weighted by Gasteiger charge is 2.14. The molecule has 2 amide bonds. The zero-order valence-electron chi connectivity index (χ0n) is 11.8. The van der Waals surface area contributed by atoms with Crippen molar-refractivity contribution < 1.29 is 14.3 Å². The standard InChI is InChI=1S/C12H24N4O3/c1-15(2)5-3-13-11(17)12(18)14-4-6-16-7-9-19-10-8-16/h3-10H2,1-2H3,(H,13,17)(H,14,18). The van der Waals surface area contributed by atoms with Crippen molar-refractivity contribution in [3.05, 3.63) is 0 Å². The Morgan fingerprint density at radius 2 is 1.68 bits per heavy atom. The van der Waals surface area contributed by atoms with Crippen molar-refractivity contribution in [2.75, 3.05) is 66.6 Å². The lowest BCUT2D eigenvalue weighted by atomic mass is 10.4. The van der Waals surface area contributed by atoms with Gasteiger partial charge in [0.05, 0.1) is 13.2 Å². The number of likely N-dealkylation sites (N-methyl/N-ethyl adjacent to an activating group) is 1. The van der Waals surface area contributed by atoms with E-state index in [1.807, 2.05) is 19.0 Å². The Bertz CT molecular complexity index is 291. The summed E-state index contributed by atoms with van der Waals surface area (Å²) in [5, 5.41) is 5.20. The van der Waals surface area contributed by atoms with Crippen LogP contribution in [0.25, 0.3) is 0 Å². The number of rotatable bonds is 6. The molecule has 1 rings (SSSR count). The molecular formula is C12H24N4O3. The van der Waals surface area contributed by atoms with Crippen LogP contribution in [-0.4, -0.2) is 88.2 Å². The van der Waals surface area contributed by atoms with Gasteiger partial charge in [-0.2, -0.15) is 0 Å². The zero-order chi connectivity index (χ0) is 14.1. The van der Waals surface area contributed by atoms with Crippen LogP contribution in [-0.2, 0) is 14.3 Å². The van der Waals surface area contributed by atoms with Crippen molar-refractivity contribution in [3.8, 4) is 0 Å². The molecule has 0 saturated carbocycles. The van der Waals surface area contributed by atoms with E-state index in [0.29, 0.717) is 19.6 Å². The second kappa shape index (κ2) is 8.84. The van der Waals surface area contributed by atoms with Gasteiger partial charge in [-0.1, -0.05) is 0 Å². The Kier molecular flexibility index (Phi) is 7.39. The highest BCUT2D eigenvalue weighted by atomic mass is 16.5. The van der Waals surface area contributed by atoms with Crippen LogP contribution in [0, 0.1) is 0 Å². The lowest BCUT2D eigenvalue weighted by Gasteiger charge is -2.26. The second-order valence-corrected chi connectivity index (χ2v) is 4.77. The third-order valence-electron chi connectivity index (χ3n) is 2.87. The highest BCUT2D eigenvalue weighted by Crippen LogP contribution is 1.94. The first kappa shape index (κ1) is 15.9. The molecule has 19 heavy (non-hydrogen) atoms. The zero-order valence-corrected chi connectivity index (χ0v) is 11.8. The molecule has 0 aromatic heterocycles. The summed E-state index contributed by atoms with van der Waals surface area (Å²) in [5.74, 6) is -1.13. The molecule has 1 heterocycles. The van der Waals surface area contributed by atoms with Gasteiger partial charge in [-0.25, -0.2) is 0 Å². The SMILES string of the molecule is CN(C)CCNC(=O)C(=O)NCCN1CCOCC1. The number of carbonyl (C=O) groups excluding carboxylic acids is 2. The second-order valence-electron chi connectivity index (χ2n) is 4.77. The minimum absolute atomic E-state index is 0.475. The van der Waals surface area contributed by atoms with Crippen molar-refractivity contribution in [1.82, 2.24) is 20.4 Å². The maximum absolute atomic E-state index is 11.5. The molecule has 1 aliphatic heterocycles. The first-order valence-electron chi connectivity index (χ1n) is 6.60. The molecule has 0 aromatic carbocycles. The number of nitrogens with zero attached hydrogens (tertiary/aromatic N) is 2. The summed E-state index contributed by atoms with van der Waals surface area (Å²) in [6, 6.07) is 0. The van der Waals surface area contributed by atoms with Crippen LogP contribution in [0.5, 0.6) is 0 Å².